The van der Waals surface area contributed by atoms with E-state index in [2.05, 4.69) is 24.4 Å². The van der Waals surface area contributed by atoms with Gasteiger partial charge < -0.3 is 10.2 Å². The lowest BCUT2D eigenvalue weighted by Crippen LogP contribution is -2.44. The maximum atomic E-state index is 13.1. The predicted molar refractivity (Wildman–Crippen MR) is 97.5 cm³/mol. The van der Waals surface area contributed by atoms with Gasteiger partial charge >= 0.3 is 0 Å². The van der Waals surface area contributed by atoms with Crippen LogP contribution in [-0.2, 0) is 17.9 Å². The van der Waals surface area contributed by atoms with Crippen LogP contribution in [0.1, 0.15) is 36.1 Å². The first kappa shape index (κ1) is 18.6. The number of nitrogens with zero attached hydrogens (tertiary/aromatic N) is 1. The van der Waals surface area contributed by atoms with Crippen LogP contribution in [0.15, 0.2) is 36.4 Å². The molecule has 1 amide bonds. The maximum absolute atomic E-state index is 13.1. The van der Waals surface area contributed by atoms with Gasteiger partial charge in [-0.2, -0.15) is 0 Å². The van der Waals surface area contributed by atoms with Crippen LogP contribution in [0.3, 0.4) is 0 Å². The molecule has 24 heavy (non-hydrogen) atoms. The average Bonchev–Trinajstić information content (AvgIpc) is 2.91. The molecule has 2 rings (SSSR count). The van der Waals surface area contributed by atoms with Gasteiger partial charge in [0, 0.05) is 21.8 Å². The quantitative estimate of drug-likeness (QED) is 0.852. The van der Waals surface area contributed by atoms with E-state index in [4.69, 9.17) is 0 Å². The summed E-state index contributed by atoms with van der Waals surface area (Å²) in [5.74, 6) is -0.222. The molecule has 1 N–H and O–H groups in total. The summed E-state index contributed by atoms with van der Waals surface area (Å²) in [6.07, 6.45) is 0. The Labute approximate surface area is 147 Å². The Morgan fingerprint density at radius 2 is 1.79 bits per heavy atom. The fraction of sp³-hybridized carbons (Fsp3) is 0.421. The molecule has 0 unspecified atom stereocenters. The van der Waals surface area contributed by atoms with Crippen molar-refractivity contribution in [3.63, 3.8) is 0 Å². The zero-order valence-corrected chi connectivity index (χ0v) is 15.5. The van der Waals surface area contributed by atoms with E-state index in [1.54, 1.807) is 23.5 Å². The molecule has 0 aliphatic heterocycles. The minimum Gasteiger partial charge on any atom is -0.332 e. The summed E-state index contributed by atoms with van der Waals surface area (Å²) in [6, 6.07) is 10.4. The third-order valence-electron chi connectivity index (χ3n) is 3.55. The van der Waals surface area contributed by atoms with Crippen molar-refractivity contribution in [3.05, 3.63) is 57.5 Å². The molecule has 0 atom stereocenters. The zero-order valence-electron chi connectivity index (χ0n) is 14.7. The Kier molecular flexibility index (Phi) is 6.13. The summed E-state index contributed by atoms with van der Waals surface area (Å²) < 4.78 is 13.1. The van der Waals surface area contributed by atoms with Crippen molar-refractivity contribution >= 4 is 17.2 Å². The van der Waals surface area contributed by atoms with Gasteiger partial charge in [-0.05, 0) is 57.5 Å². The molecule has 1 aromatic heterocycles. The fourth-order valence-electron chi connectivity index (χ4n) is 2.25. The number of carbonyl (C=O) groups excluding carboxylic acids is 1. The van der Waals surface area contributed by atoms with E-state index in [-0.39, 0.29) is 23.8 Å². The van der Waals surface area contributed by atoms with Crippen LogP contribution < -0.4 is 5.32 Å². The lowest BCUT2D eigenvalue weighted by atomic mass is 10.1. The highest BCUT2D eigenvalue weighted by Crippen LogP contribution is 2.19. The van der Waals surface area contributed by atoms with Crippen molar-refractivity contribution < 1.29 is 9.18 Å². The number of benzene rings is 1. The summed E-state index contributed by atoms with van der Waals surface area (Å²) in [6.45, 7) is 9.49. The van der Waals surface area contributed by atoms with Gasteiger partial charge in [-0.15, -0.1) is 11.3 Å². The molecule has 0 aliphatic rings. The molecule has 0 bridgehead atoms. The van der Waals surface area contributed by atoms with Crippen molar-refractivity contribution in [2.45, 2.75) is 46.3 Å². The first-order chi connectivity index (χ1) is 11.2. The van der Waals surface area contributed by atoms with Gasteiger partial charge in [0.2, 0.25) is 5.91 Å². The second kappa shape index (κ2) is 7.90. The second-order valence-corrected chi connectivity index (χ2v) is 8.36. The molecule has 3 nitrogen and oxygen atoms in total. The third kappa shape index (κ3) is 6.06. The Hall–Kier alpha value is -1.72. The minimum absolute atomic E-state index is 0.0419. The molecular weight excluding hydrogens is 323 g/mol. The van der Waals surface area contributed by atoms with Crippen molar-refractivity contribution in [2.75, 3.05) is 6.54 Å². The van der Waals surface area contributed by atoms with Crippen molar-refractivity contribution in [1.29, 1.82) is 0 Å². The number of aryl methyl sites for hydroxylation is 1. The largest absolute Gasteiger partial charge is 0.332 e. The molecule has 5 heteroatoms. The normalized spacial score (nSPS) is 11.5. The molecule has 2 aromatic rings. The third-order valence-corrected chi connectivity index (χ3v) is 4.54. The zero-order chi connectivity index (χ0) is 17.7. The van der Waals surface area contributed by atoms with E-state index in [0.717, 1.165) is 10.4 Å². The number of amides is 1. The van der Waals surface area contributed by atoms with Crippen LogP contribution in [0, 0.1) is 12.7 Å². The molecule has 1 heterocycles. The number of halogens is 1. The lowest BCUT2D eigenvalue weighted by molar-refractivity contribution is -0.131. The van der Waals surface area contributed by atoms with E-state index in [9.17, 15) is 9.18 Å². The second-order valence-electron chi connectivity index (χ2n) is 6.99. The fourth-order valence-corrected chi connectivity index (χ4v) is 3.16. The Morgan fingerprint density at radius 3 is 2.33 bits per heavy atom. The molecule has 0 radical (unpaired) electrons. The summed E-state index contributed by atoms with van der Waals surface area (Å²) in [7, 11) is 0. The first-order valence-corrected chi connectivity index (χ1v) is 8.87. The van der Waals surface area contributed by atoms with Crippen LogP contribution >= 0.6 is 11.3 Å². The highest BCUT2D eigenvalue weighted by atomic mass is 32.1. The summed E-state index contributed by atoms with van der Waals surface area (Å²) in [4.78, 5) is 16.9. The number of nitrogens with one attached hydrogen (secondary N) is 1. The standard InChI is InChI=1S/C19H25FN2OS/c1-14-5-10-17(24-14)13-22(18(23)11-21-19(2,3)4)12-15-6-8-16(20)9-7-15/h5-10,21H,11-13H2,1-4H3. The average molecular weight is 348 g/mol. The van der Waals surface area contributed by atoms with Crippen molar-refractivity contribution in [3.8, 4) is 0 Å². The van der Waals surface area contributed by atoms with Gasteiger partial charge in [-0.1, -0.05) is 12.1 Å². The number of rotatable bonds is 6. The van der Waals surface area contributed by atoms with Gasteiger partial charge in [0.15, 0.2) is 0 Å². The predicted octanol–water partition coefficient (Wildman–Crippen LogP) is 4.11. The van der Waals surface area contributed by atoms with Gasteiger partial charge in [0.25, 0.3) is 0 Å². The van der Waals surface area contributed by atoms with E-state index >= 15 is 0 Å². The van der Waals surface area contributed by atoms with Gasteiger partial charge in [0.05, 0.1) is 13.1 Å². The van der Waals surface area contributed by atoms with Crippen molar-refractivity contribution in [1.82, 2.24) is 10.2 Å². The van der Waals surface area contributed by atoms with Crippen LogP contribution in [0.25, 0.3) is 0 Å². The monoisotopic (exact) mass is 348 g/mol. The smallest absolute Gasteiger partial charge is 0.237 e. The van der Waals surface area contributed by atoms with Crippen LogP contribution in [0.5, 0.6) is 0 Å². The molecular formula is C19H25FN2OS. The van der Waals surface area contributed by atoms with E-state index in [1.165, 1.54) is 17.0 Å². The van der Waals surface area contributed by atoms with Crippen LogP contribution in [0.2, 0.25) is 0 Å². The van der Waals surface area contributed by atoms with Gasteiger partial charge in [-0.25, -0.2) is 4.39 Å². The molecule has 0 saturated carbocycles. The Balaban J connectivity index is 2.10. The van der Waals surface area contributed by atoms with E-state index in [1.807, 2.05) is 25.7 Å². The minimum atomic E-state index is -0.264. The van der Waals surface area contributed by atoms with Crippen LogP contribution in [-0.4, -0.2) is 22.9 Å². The number of hydrogen-bond donors (Lipinski definition) is 1. The number of thiophene rings is 1. The molecule has 0 spiro atoms. The number of carbonyl (C=O) groups is 1. The molecule has 0 aliphatic carbocycles. The molecule has 1 aromatic carbocycles. The topological polar surface area (TPSA) is 32.3 Å². The molecule has 0 saturated heterocycles. The maximum Gasteiger partial charge on any atom is 0.237 e. The Morgan fingerprint density at radius 1 is 1.12 bits per heavy atom. The number of hydrogen-bond acceptors (Lipinski definition) is 3. The van der Waals surface area contributed by atoms with Gasteiger partial charge in [0.1, 0.15) is 5.82 Å². The summed E-state index contributed by atoms with van der Waals surface area (Å²) >= 11 is 1.70. The molecule has 130 valence electrons. The van der Waals surface area contributed by atoms with E-state index < -0.39 is 0 Å². The van der Waals surface area contributed by atoms with Gasteiger partial charge in [-0.3, -0.25) is 4.79 Å². The summed E-state index contributed by atoms with van der Waals surface area (Å²) in [5, 5.41) is 3.24. The first-order valence-electron chi connectivity index (χ1n) is 8.05. The highest BCUT2D eigenvalue weighted by Gasteiger charge is 2.18. The van der Waals surface area contributed by atoms with E-state index in [0.29, 0.717) is 13.1 Å². The Bertz CT molecular complexity index is 673. The lowest BCUT2D eigenvalue weighted by Gasteiger charge is -2.26. The van der Waals surface area contributed by atoms with Crippen molar-refractivity contribution in [2.24, 2.45) is 0 Å². The summed E-state index contributed by atoms with van der Waals surface area (Å²) in [5.41, 5.74) is 0.810. The molecule has 0 fully saturated rings. The highest BCUT2D eigenvalue weighted by molar-refractivity contribution is 7.11. The SMILES string of the molecule is Cc1ccc(CN(Cc2ccc(F)cc2)C(=O)CNC(C)(C)C)s1. The van der Waals surface area contributed by atoms with Crippen LogP contribution in [0.4, 0.5) is 4.39 Å².